The summed E-state index contributed by atoms with van der Waals surface area (Å²) in [6.45, 7) is 8.15. The minimum atomic E-state index is -0.895. The SMILES string of the molecule is CCN(CC(C)(C)O)c1cc(C)ccc1[N+](=O)[O-]. The maximum atomic E-state index is 11.0. The summed E-state index contributed by atoms with van der Waals surface area (Å²) >= 11 is 0. The zero-order valence-electron chi connectivity index (χ0n) is 11.3. The molecule has 0 heterocycles. The molecular weight excluding hydrogens is 232 g/mol. The summed E-state index contributed by atoms with van der Waals surface area (Å²) in [7, 11) is 0. The molecular formula is C13H20N2O3. The van der Waals surface area contributed by atoms with Crippen LogP contribution in [0.4, 0.5) is 11.4 Å². The van der Waals surface area contributed by atoms with Crippen LogP contribution in [0.5, 0.6) is 0 Å². The molecule has 1 N–H and O–H groups in total. The lowest BCUT2D eigenvalue weighted by Crippen LogP contribution is -2.38. The molecule has 0 unspecified atom stereocenters. The van der Waals surface area contributed by atoms with Crippen molar-refractivity contribution in [2.24, 2.45) is 0 Å². The summed E-state index contributed by atoms with van der Waals surface area (Å²) in [5.41, 5.74) is 0.703. The molecule has 0 atom stereocenters. The Balaban J connectivity index is 3.19. The third-order valence-electron chi connectivity index (χ3n) is 2.63. The van der Waals surface area contributed by atoms with E-state index in [1.165, 1.54) is 6.07 Å². The van der Waals surface area contributed by atoms with Crippen LogP contribution in [0.1, 0.15) is 26.3 Å². The van der Waals surface area contributed by atoms with Crippen molar-refractivity contribution < 1.29 is 10.0 Å². The van der Waals surface area contributed by atoms with Crippen LogP contribution in [-0.4, -0.2) is 28.7 Å². The molecule has 0 aliphatic carbocycles. The third kappa shape index (κ3) is 3.70. The Morgan fingerprint density at radius 3 is 2.50 bits per heavy atom. The van der Waals surface area contributed by atoms with Gasteiger partial charge in [-0.05, 0) is 39.3 Å². The topological polar surface area (TPSA) is 66.6 Å². The van der Waals surface area contributed by atoms with Gasteiger partial charge in [0, 0.05) is 19.2 Å². The van der Waals surface area contributed by atoms with Crippen LogP contribution >= 0.6 is 0 Å². The summed E-state index contributed by atoms with van der Waals surface area (Å²) in [5.74, 6) is 0. The third-order valence-corrected chi connectivity index (χ3v) is 2.63. The number of anilines is 1. The number of hydrogen-bond acceptors (Lipinski definition) is 4. The van der Waals surface area contributed by atoms with Crippen molar-refractivity contribution in [3.63, 3.8) is 0 Å². The van der Waals surface area contributed by atoms with Crippen LogP contribution < -0.4 is 4.90 Å². The molecule has 5 nitrogen and oxygen atoms in total. The molecule has 0 bridgehead atoms. The van der Waals surface area contributed by atoms with Crippen LogP contribution in [0.15, 0.2) is 18.2 Å². The van der Waals surface area contributed by atoms with Gasteiger partial charge >= 0.3 is 0 Å². The lowest BCUT2D eigenvalue weighted by atomic mass is 10.1. The minimum Gasteiger partial charge on any atom is -0.389 e. The van der Waals surface area contributed by atoms with Crippen molar-refractivity contribution in [1.82, 2.24) is 0 Å². The van der Waals surface area contributed by atoms with E-state index in [1.54, 1.807) is 26.0 Å². The molecule has 0 saturated carbocycles. The number of aryl methyl sites for hydroxylation is 1. The first-order valence-corrected chi connectivity index (χ1v) is 5.97. The normalized spacial score (nSPS) is 11.4. The van der Waals surface area contributed by atoms with E-state index in [4.69, 9.17) is 0 Å². The second-order valence-corrected chi connectivity index (χ2v) is 5.08. The van der Waals surface area contributed by atoms with Gasteiger partial charge in [-0.15, -0.1) is 0 Å². The zero-order chi connectivity index (χ0) is 13.9. The summed E-state index contributed by atoms with van der Waals surface area (Å²) in [4.78, 5) is 12.5. The highest BCUT2D eigenvalue weighted by Gasteiger charge is 2.23. The monoisotopic (exact) mass is 252 g/mol. The van der Waals surface area contributed by atoms with Gasteiger partial charge in [0.25, 0.3) is 5.69 Å². The van der Waals surface area contributed by atoms with Gasteiger partial charge in [-0.25, -0.2) is 0 Å². The maximum absolute atomic E-state index is 11.0. The van der Waals surface area contributed by atoms with E-state index in [-0.39, 0.29) is 10.6 Å². The van der Waals surface area contributed by atoms with Gasteiger partial charge in [-0.3, -0.25) is 10.1 Å². The number of nitrogens with zero attached hydrogens (tertiary/aromatic N) is 2. The molecule has 0 radical (unpaired) electrons. The predicted molar refractivity (Wildman–Crippen MR) is 72.0 cm³/mol. The molecule has 0 saturated heterocycles. The number of benzene rings is 1. The molecule has 0 amide bonds. The van der Waals surface area contributed by atoms with Crippen LogP contribution in [0.2, 0.25) is 0 Å². The van der Waals surface area contributed by atoms with E-state index >= 15 is 0 Å². The van der Waals surface area contributed by atoms with E-state index < -0.39 is 5.60 Å². The van der Waals surface area contributed by atoms with Crippen LogP contribution in [0, 0.1) is 17.0 Å². The van der Waals surface area contributed by atoms with Crippen LogP contribution in [-0.2, 0) is 0 Å². The number of likely N-dealkylation sites (N-methyl/N-ethyl adjacent to an activating group) is 1. The molecule has 100 valence electrons. The highest BCUT2D eigenvalue weighted by molar-refractivity contribution is 5.64. The average Bonchev–Trinajstić information content (AvgIpc) is 2.24. The maximum Gasteiger partial charge on any atom is 0.292 e. The Bertz CT molecular complexity index is 438. The van der Waals surface area contributed by atoms with Crippen molar-refractivity contribution in [2.75, 3.05) is 18.0 Å². The Labute approximate surface area is 107 Å². The van der Waals surface area contributed by atoms with Gasteiger partial charge in [-0.1, -0.05) is 6.07 Å². The fraction of sp³-hybridized carbons (Fsp3) is 0.538. The summed E-state index contributed by atoms with van der Waals surface area (Å²) in [5, 5.41) is 20.9. The van der Waals surface area contributed by atoms with Crippen LogP contribution in [0.3, 0.4) is 0 Å². The molecule has 0 spiro atoms. The summed E-state index contributed by atoms with van der Waals surface area (Å²) in [6, 6.07) is 5.02. The van der Waals surface area contributed by atoms with Crippen molar-refractivity contribution in [2.45, 2.75) is 33.3 Å². The standard InChI is InChI=1S/C13H20N2O3/c1-5-14(9-13(3,4)16)12-8-10(2)6-7-11(12)15(17)18/h6-8,16H,5,9H2,1-4H3. The predicted octanol–water partition coefficient (Wildman–Crippen LogP) is 2.50. The quantitative estimate of drug-likeness (QED) is 0.646. The number of nitro benzene ring substituents is 1. The fourth-order valence-electron chi connectivity index (χ4n) is 1.88. The molecule has 1 aromatic carbocycles. The van der Waals surface area contributed by atoms with E-state index in [2.05, 4.69) is 0 Å². The highest BCUT2D eigenvalue weighted by atomic mass is 16.6. The first kappa shape index (κ1) is 14.4. The van der Waals surface area contributed by atoms with E-state index in [1.807, 2.05) is 18.7 Å². The summed E-state index contributed by atoms with van der Waals surface area (Å²) < 4.78 is 0. The minimum absolute atomic E-state index is 0.0756. The van der Waals surface area contributed by atoms with E-state index in [9.17, 15) is 15.2 Å². The highest BCUT2D eigenvalue weighted by Crippen LogP contribution is 2.30. The molecule has 18 heavy (non-hydrogen) atoms. The number of hydrogen-bond donors (Lipinski definition) is 1. The Hall–Kier alpha value is -1.62. The molecule has 0 fully saturated rings. The molecule has 0 aliphatic rings. The molecule has 5 heteroatoms. The smallest absolute Gasteiger partial charge is 0.292 e. The van der Waals surface area contributed by atoms with Crippen molar-refractivity contribution in [3.8, 4) is 0 Å². The van der Waals surface area contributed by atoms with E-state index in [0.717, 1.165) is 5.56 Å². The molecule has 0 aromatic heterocycles. The number of nitro groups is 1. The van der Waals surface area contributed by atoms with Crippen molar-refractivity contribution >= 4 is 11.4 Å². The van der Waals surface area contributed by atoms with Crippen molar-refractivity contribution in [1.29, 1.82) is 0 Å². The Morgan fingerprint density at radius 2 is 2.06 bits per heavy atom. The average molecular weight is 252 g/mol. The van der Waals surface area contributed by atoms with Gasteiger partial charge in [0.05, 0.1) is 10.5 Å². The zero-order valence-corrected chi connectivity index (χ0v) is 11.3. The molecule has 1 aromatic rings. The lowest BCUT2D eigenvalue weighted by molar-refractivity contribution is -0.384. The van der Waals surface area contributed by atoms with Crippen molar-refractivity contribution in [3.05, 3.63) is 33.9 Å². The first-order valence-electron chi connectivity index (χ1n) is 5.97. The van der Waals surface area contributed by atoms with Gasteiger partial charge in [0.15, 0.2) is 0 Å². The number of aliphatic hydroxyl groups is 1. The second-order valence-electron chi connectivity index (χ2n) is 5.08. The largest absolute Gasteiger partial charge is 0.389 e. The fourth-order valence-corrected chi connectivity index (χ4v) is 1.88. The lowest BCUT2D eigenvalue weighted by Gasteiger charge is -2.29. The number of rotatable bonds is 5. The Morgan fingerprint density at radius 1 is 1.44 bits per heavy atom. The van der Waals surface area contributed by atoms with Gasteiger partial charge in [0.1, 0.15) is 5.69 Å². The Kier molecular flexibility index (Phi) is 4.29. The van der Waals surface area contributed by atoms with Gasteiger partial charge < -0.3 is 10.0 Å². The molecule has 0 aliphatic heterocycles. The van der Waals surface area contributed by atoms with Gasteiger partial charge in [-0.2, -0.15) is 0 Å². The summed E-state index contributed by atoms with van der Waals surface area (Å²) in [6.07, 6.45) is 0. The van der Waals surface area contributed by atoms with Gasteiger partial charge in [0.2, 0.25) is 0 Å². The first-order chi connectivity index (χ1) is 8.24. The molecule has 1 rings (SSSR count). The van der Waals surface area contributed by atoms with E-state index in [0.29, 0.717) is 18.8 Å². The second kappa shape index (κ2) is 5.35. The van der Waals surface area contributed by atoms with Crippen LogP contribution in [0.25, 0.3) is 0 Å².